The van der Waals surface area contributed by atoms with Crippen molar-refractivity contribution in [2.45, 2.75) is 6.92 Å². The minimum Gasteiger partial charge on any atom is -0.378 e. The molecule has 2 aromatic heterocycles. The Kier molecular flexibility index (Phi) is 8.95. The Hall–Kier alpha value is -3.83. The van der Waals surface area contributed by atoms with Crippen LogP contribution in [0.2, 0.25) is 0 Å². The summed E-state index contributed by atoms with van der Waals surface area (Å²) < 4.78 is 18.5. The fraction of sp³-hybridized carbons (Fsp3) is 0.360. The highest BCUT2D eigenvalue weighted by Crippen LogP contribution is 2.21. The maximum Gasteiger partial charge on any atom is 0.183 e. The molecule has 4 heterocycles. The topological polar surface area (TPSA) is 117 Å². The molecule has 11 heteroatoms. The second kappa shape index (κ2) is 12.8. The van der Waals surface area contributed by atoms with Crippen LogP contribution in [0, 0.1) is 12.7 Å². The number of nitrogens with two attached hydrogens (primary N) is 1. The number of piperazine rings is 1. The molecule has 0 spiro atoms. The van der Waals surface area contributed by atoms with Crippen LogP contribution < -0.4 is 26.3 Å². The second-order valence-corrected chi connectivity index (χ2v) is 8.35. The zero-order chi connectivity index (χ0) is 25.2. The number of nitrogens with one attached hydrogen (secondary N) is 2. The smallest absolute Gasteiger partial charge is 0.183 e. The number of anilines is 4. The molecule has 1 aromatic carbocycles. The van der Waals surface area contributed by atoms with E-state index in [0.29, 0.717) is 37.9 Å². The lowest BCUT2D eigenvalue weighted by Gasteiger charge is -2.29. The second-order valence-electron chi connectivity index (χ2n) is 8.35. The Morgan fingerprint density at radius 3 is 2.36 bits per heavy atom. The first-order valence-electron chi connectivity index (χ1n) is 12.0. The summed E-state index contributed by atoms with van der Waals surface area (Å²) in [5.41, 5.74) is 3.98. The number of halogens is 1. The Bertz CT molecular complexity index is 1110. The molecule has 4 N–H and O–H groups in total. The minimum atomic E-state index is -0.363. The normalized spacial score (nSPS) is 15.9. The Labute approximate surface area is 210 Å². The molecule has 2 fully saturated rings. The van der Waals surface area contributed by atoms with E-state index < -0.39 is 0 Å². The molecule has 10 nitrogen and oxygen atoms in total. The van der Waals surface area contributed by atoms with Gasteiger partial charge in [-0.3, -0.25) is 4.98 Å². The number of aromatic nitrogens is 3. The van der Waals surface area contributed by atoms with Gasteiger partial charge in [0.05, 0.1) is 43.2 Å². The van der Waals surface area contributed by atoms with Crippen LogP contribution in [-0.2, 0) is 4.74 Å². The first-order valence-corrected chi connectivity index (χ1v) is 12.0. The summed E-state index contributed by atoms with van der Waals surface area (Å²) in [4.78, 5) is 16.4. The average molecular weight is 494 g/mol. The number of ether oxygens (including phenoxy) is 1. The Morgan fingerprint density at radius 2 is 1.69 bits per heavy atom. The van der Waals surface area contributed by atoms with Crippen LogP contribution in [0.15, 0.2) is 53.9 Å². The lowest BCUT2D eigenvalue weighted by atomic mass is 10.2. The van der Waals surface area contributed by atoms with E-state index in [1.807, 2.05) is 17.0 Å². The highest BCUT2D eigenvalue weighted by atomic mass is 19.1. The maximum absolute atomic E-state index is 13.3. The van der Waals surface area contributed by atoms with Gasteiger partial charge in [-0.05, 0) is 43.3 Å². The fourth-order valence-corrected chi connectivity index (χ4v) is 3.92. The van der Waals surface area contributed by atoms with Crippen LogP contribution in [0.4, 0.5) is 27.3 Å². The van der Waals surface area contributed by atoms with Crippen LogP contribution in [0.3, 0.4) is 0 Å². The average Bonchev–Trinajstić information content (AvgIpc) is 2.93. The quantitative estimate of drug-likeness (QED) is 0.280. The highest BCUT2D eigenvalue weighted by Gasteiger charge is 2.16. The molecule has 0 bridgehead atoms. The molecule has 0 radical (unpaired) electrons. The van der Waals surface area contributed by atoms with Gasteiger partial charge in [-0.2, -0.15) is 5.10 Å². The summed E-state index contributed by atoms with van der Waals surface area (Å²) in [5.74, 6) is 5.72. The largest absolute Gasteiger partial charge is 0.378 e. The third-order valence-corrected chi connectivity index (χ3v) is 5.79. The van der Waals surface area contributed by atoms with Gasteiger partial charge in [-0.25, -0.2) is 14.4 Å². The highest BCUT2D eigenvalue weighted by molar-refractivity contribution is 5.77. The number of hydrogen-bond donors (Lipinski definition) is 3. The number of nitrogens with zero attached hydrogens (tertiary/aromatic N) is 6. The van der Waals surface area contributed by atoms with Gasteiger partial charge in [-0.15, -0.1) is 0 Å². The molecule has 190 valence electrons. The van der Waals surface area contributed by atoms with Crippen molar-refractivity contribution in [3.05, 3.63) is 66.1 Å². The molecular weight excluding hydrogens is 461 g/mol. The van der Waals surface area contributed by atoms with Crippen LogP contribution >= 0.6 is 0 Å². The van der Waals surface area contributed by atoms with E-state index in [1.165, 1.54) is 18.1 Å². The standard InChI is InChI=1S/C16H20N6.C9H12FN3O/c17-20-12-14-1-2-15(11-19-14)21-13-3-5-16(6-4-13)22-9-7-18-8-10-22;1-7-11-6-8(10)9(12-7)13-2-4-14-5-3-13/h1-6,11-12,18,21H,7-10,17H2;6H,2-5H2,1H3/b20-12+;. The van der Waals surface area contributed by atoms with Gasteiger partial charge in [0.2, 0.25) is 0 Å². The van der Waals surface area contributed by atoms with Crippen molar-refractivity contribution in [3.8, 4) is 0 Å². The molecule has 0 unspecified atom stereocenters. The first kappa shape index (κ1) is 25.3. The minimum absolute atomic E-state index is 0.363. The molecule has 5 rings (SSSR count). The summed E-state index contributed by atoms with van der Waals surface area (Å²) in [6.07, 6.45) is 4.50. The van der Waals surface area contributed by atoms with Crippen LogP contribution in [0.25, 0.3) is 0 Å². The Morgan fingerprint density at radius 1 is 0.972 bits per heavy atom. The maximum atomic E-state index is 13.3. The molecule has 0 saturated carbocycles. The van der Waals surface area contributed by atoms with Crippen molar-refractivity contribution in [1.82, 2.24) is 20.3 Å². The number of benzene rings is 1. The molecule has 3 aromatic rings. The van der Waals surface area contributed by atoms with Gasteiger partial charge in [0.1, 0.15) is 5.82 Å². The molecule has 36 heavy (non-hydrogen) atoms. The lowest BCUT2D eigenvalue weighted by Crippen LogP contribution is -2.43. The lowest BCUT2D eigenvalue weighted by molar-refractivity contribution is 0.122. The summed E-state index contributed by atoms with van der Waals surface area (Å²) in [6, 6.07) is 12.3. The third-order valence-electron chi connectivity index (χ3n) is 5.79. The first-order chi connectivity index (χ1) is 17.6. The van der Waals surface area contributed by atoms with Gasteiger partial charge in [0.25, 0.3) is 0 Å². The van der Waals surface area contributed by atoms with E-state index in [1.54, 1.807) is 13.1 Å². The van der Waals surface area contributed by atoms with E-state index in [2.05, 4.69) is 59.9 Å². The number of hydrazone groups is 1. The SMILES string of the molecule is Cc1ncc(F)c(N2CCOCC2)n1.N/N=C/c1ccc(Nc2ccc(N3CCNCC3)cc2)cn1. The summed E-state index contributed by atoms with van der Waals surface area (Å²) >= 11 is 0. The van der Waals surface area contributed by atoms with Gasteiger partial charge in [-0.1, -0.05) is 0 Å². The van der Waals surface area contributed by atoms with Crippen molar-refractivity contribution < 1.29 is 9.13 Å². The number of aryl methyl sites for hydroxylation is 1. The zero-order valence-electron chi connectivity index (χ0n) is 20.4. The van der Waals surface area contributed by atoms with Crippen LogP contribution in [-0.4, -0.2) is 73.6 Å². The molecule has 2 saturated heterocycles. The summed E-state index contributed by atoms with van der Waals surface area (Å²) in [5, 5.41) is 10.2. The molecule has 0 aliphatic carbocycles. The number of morpholine rings is 1. The molecular formula is C25H32FN9O. The Balaban J connectivity index is 0.000000187. The van der Waals surface area contributed by atoms with E-state index in [-0.39, 0.29) is 5.82 Å². The fourth-order valence-electron chi connectivity index (χ4n) is 3.92. The monoisotopic (exact) mass is 493 g/mol. The van der Waals surface area contributed by atoms with Gasteiger partial charge >= 0.3 is 0 Å². The van der Waals surface area contributed by atoms with Crippen molar-refractivity contribution in [2.24, 2.45) is 10.9 Å². The summed E-state index contributed by atoms with van der Waals surface area (Å²) in [7, 11) is 0. The van der Waals surface area contributed by atoms with E-state index >= 15 is 0 Å². The molecule has 0 amide bonds. The van der Waals surface area contributed by atoms with Crippen molar-refractivity contribution in [3.63, 3.8) is 0 Å². The number of hydrogen-bond acceptors (Lipinski definition) is 10. The summed E-state index contributed by atoms with van der Waals surface area (Å²) in [6.45, 7) is 8.59. The van der Waals surface area contributed by atoms with Gasteiger partial charge < -0.3 is 31.0 Å². The number of pyridine rings is 1. The zero-order valence-corrected chi connectivity index (χ0v) is 20.4. The predicted octanol–water partition coefficient (Wildman–Crippen LogP) is 2.29. The van der Waals surface area contributed by atoms with Gasteiger partial charge in [0, 0.05) is 50.6 Å². The van der Waals surface area contributed by atoms with Crippen LogP contribution in [0.1, 0.15) is 11.5 Å². The number of rotatable bonds is 5. The molecule has 0 atom stereocenters. The van der Waals surface area contributed by atoms with E-state index in [0.717, 1.165) is 43.2 Å². The predicted molar refractivity (Wildman–Crippen MR) is 141 cm³/mol. The van der Waals surface area contributed by atoms with Crippen LogP contribution in [0.5, 0.6) is 0 Å². The molecule has 2 aliphatic rings. The van der Waals surface area contributed by atoms with Crippen molar-refractivity contribution in [1.29, 1.82) is 0 Å². The van der Waals surface area contributed by atoms with E-state index in [9.17, 15) is 4.39 Å². The van der Waals surface area contributed by atoms with E-state index in [4.69, 9.17) is 10.6 Å². The van der Waals surface area contributed by atoms with Gasteiger partial charge in [0.15, 0.2) is 11.6 Å². The van der Waals surface area contributed by atoms with Crippen molar-refractivity contribution in [2.75, 3.05) is 67.6 Å². The van der Waals surface area contributed by atoms with Crippen molar-refractivity contribution >= 4 is 29.1 Å². The third kappa shape index (κ3) is 7.09. The molecule has 2 aliphatic heterocycles.